The summed E-state index contributed by atoms with van der Waals surface area (Å²) < 4.78 is 1.82. The molecule has 0 aliphatic carbocycles. The van der Waals surface area contributed by atoms with Gasteiger partial charge in [0.25, 0.3) is 5.91 Å². The van der Waals surface area contributed by atoms with E-state index >= 15 is 0 Å². The van der Waals surface area contributed by atoms with E-state index in [9.17, 15) is 4.79 Å². The third-order valence-electron chi connectivity index (χ3n) is 4.11. The average Bonchev–Trinajstić information content (AvgIpc) is 3.05. The molecule has 1 aliphatic rings. The summed E-state index contributed by atoms with van der Waals surface area (Å²) in [6, 6.07) is 8.18. The average molecular weight is 328 g/mol. The maximum absolute atomic E-state index is 12.4. The molecule has 1 saturated heterocycles. The predicted molar refractivity (Wildman–Crippen MR) is 92.9 cm³/mol. The Hall–Kier alpha value is -2.25. The molecule has 2 N–H and O–H groups in total. The molecule has 3 rings (SSSR count). The number of benzene rings is 1. The summed E-state index contributed by atoms with van der Waals surface area (Å²) in [6.07, 6.45) is 3.77. The third kappa shape index (κ3) is 4.18. The summed E-state index contributed by atoms with van der Waals surface area (Å²) in [5.74, 6) is -0.225. The maximum Gasteiger partial charge on any atom is 0.277 e. The van der Waals surface area contributed by atoms with Crippen LogP contribution in [0.15, 0.2) is 30.5 Å². The highest BCUT2D eigenvalue weighted by atomic mass is 16.2. The van der Waals surface area contributed by atoms with Crippen molar-refractivity contribution in [2.24, 2.45) is 0 Å². The number of aromatic nitrogens is 3. The van der Waals surface area contributed by atoms with Crippen LogP contribution in [-0.4, -0.2) is 53.0 Å². The molecular formula is C17H24N6O. The van der Waals surface area contributed by atoms with Crippen LogP contribution in [0.4, 0.5) is 5.69 Å². The molecule has 0 spiro atoms. The Morgan fingerprint density at radius 1 is 1.38 bits per heavy atom. The summed E-state index contributed by atoms with van der Waals surface area (Å²) in [5, 5.41) is 14.4. The molecule has 7 heteroatoms. The van der Waals surface area contributed by atoms with Crippen LogP contribution in [0.3, 0.4) is 0 Å². The lowest BCUT2D eigenvalue weighted by Crippen LogP contribution is -2.29. The molecule has 0 bridgehead atoms. The van der Waals surface area contributed by atoms with Gasteiger partial charge in [0.05, 0.1) is 12.2 Å². The van der Waals surface area contributed by atoms with Gasteiger partial charge < -0.3 is 15.5 Å². The Bertz CT molecular complexity index is 690. The molecule has 1 fully saturated rings. The molecule has 24 heavy (non-hydrogen) atoms. The van der Waals surface area contributed by atoms with Crippen LogP contribution in [0.5, 0.6) is 0 Å². The molecule has 1 aromatic heterocycles. The predicted octanol–water partition coefficient (Wildman–Crippen LogP) is 1.52. The molecule has 1 amide bonds. The van der Waals surface area contributed by atoms with Crippen LogP contribution in [0.2, 0.25) is 0 Å². The fourth-order valence-electron chi connectivity index (χ4n) is 2.94. The molecule has 7 nitrogen and oxygen atoms in total. The highest BCUT2D eigenvalue weighted by Crippen LogP contribution is 2.18. The van der Waals surface area contributed by atoms with Gasteiger partial charge in [0.2, 0.25) is 0 Å². The number of carbonyl (C=O) groups excluding carboxylic acids is 1. The van der Waals surface area contributed by atoms with E-state index in [4.69, 9.17) is 0 Å². The van der Waals surface area contributed by atoms with Crippen LogP contribution in [0, 0.1) is 0 Å². The lowest BCUT2D eigenvalue weighted by molar-refractivity contribution is 0.102. The van der Waals surface area contributed by atoms with Crippen LogP contribution >= 0.6 is 0 Å². The van der Waals surface area contributed by atoms with Crippen LogP contribution in [0.25, 0.3) is 0 Å². The topological polar surface area (TPSA) is 75.1 Å². The van der Waals surface area contributed by atoms with E-state index in [2.05, 4.69) is 25.8 Å². The van der Waals surface area contributed by atoms with E-state index in [1.165, 1.54) is 0 Å². The number of hydrogen-bond donors (Lipinski definition) is 2. The molecule has 0 atom stereocenters. The summed E-state index contributed by atoms with van der Waals surface area (Å²) >= 11 is 0. The highest BCUT2D eigenvalue weighted by Gasteiger charge is 2.18. The minimum atomic E-state index is -0.225. The molecule has 2 heterocycles. The van der Waals surface area contributed by atoms with Crippen molar-refractivity contribution in [3.05, 3.63) is 41.7 Å². The molecule has 1 aromatic carbocycles. The highest BCUT2D eigenvalue weighted by molar-refractivity contribution is 6.02. The Balaban J connectivity index is 1.65. The monoisotopic (exact) mass is 328 g/mol. The molecule has 1 aliphatic heterocycles. The van der Waals surface area contributed by atoms with Gasteiger partial charge in [-0.15, -0.1) is 5.10 Å². The Kier molecular flexibility index (Phi) is 5.22. The molecule has 0 saturated carbocycles. The van der Waals surface area contributed by atoms with E-state index in [1.54, 1.807) is 6.20 Å². The Labute approximate surface area is 142 Å². The number of amides is 1. The van der Waals surface area contributed by atoms with Gasteiger partial charge in [-0.2, -0.15) is 0 Å². The van der Waals surface area contributed by atoms with Crippen molar-refractivity contribution in [3.63, 3.8) is 0 Å². The zero-order chi connectivity index (χ0) is 16.9. The van der Waals surface area contributed by atoms with Crippen molar-refractivity contribution in [2.45, 2.75) is 25.4 Å². The van der Waals surface area contributed by atoms with Gasteiger partial charge in [-0.1, -0.05) is 17.3 Å². The van der Waals surface area contributed by atoms with Gasteiger partial charge in [-0.05, 0) is 57.7 Å². The first-order chi connectivity index (χ1) is 11.6. The fourth-order valence-corrected chi connectivity index (χ4v) is 2.94. The van der Waals surface area contributed by atoms with E-state index < -0.39 is 0 Å². The number of piperidine rings is 1. The minimum absolute atomic E-state index is 0.225. The van der Waals surface area contributed by atoms with Crippen molar-refractivity contribution in [1.29, 1.82) is 0 Å². The van der Waals surface area contributed by atoms with Gasteiger partial charge in [-0.25, -0.2) is 4.68 Å². The zero-order valence-corrected chi connectivity index (χ0v) is 14.2. The quantitative estimate of drug-likeness (QED) is 0.870. The zero-order valence-electron chi connectivity index (χ0n) is 14.2. The summed E-state index contributed by atoms with van der Waals surface area (Å²) in [7, 11) is 4.04. The van der Waals surface area contributed by atoms with E-state index in [0.717, 1.165) is 43.7 Å². The number of rotatable bonds is 5. The van der Waals surface area contributed by atoms with Gasteiger partial charge in [-0.3, -0.25) is 4.79 Å². The van der Waals surface area contributed by atoms with E-state index in [0.29, 0.717) is 11.7 Å². The molecule has 0 radical (unpaired) electrons. The Morgan fingerprint density at radius 3 is 2.92 bits per heavy atom. The molecular weight excluding hydrogens is 304 g/mol. The van der Waals surface area contributed by atoms with Gasteiger partial charge in [0.1, 0.15) is 0 Å². The minimum Gasteiger partial charge on any atom is -0.321 e. The second kappa shape index (κ2) is 7.55. The smallest absolute Gasteiger partial charge is 0.277 e. The largest absolute Gasteiger partial charge is 0.321 e. The lowest BCUT2D eigenvalue weighted by atomic mass is 10.1. The molecule has 128 valence electrons. The van der Waals surface area contributed by atoms with Crippen molar-refractivity contribution in [2.75, 3.05) is 32.5 Å². The van der Waals surface area contributed by atoms with Gasteiger partial charge in [0.15, 0.2) is 5.69 Å². The van der Waals surface area contributed by atoms with Crippen molar-refractivity contribution >= 4 is 11.6 Å². The SMILES string of the molecule is CN(C)Cc1cccc(NC(=O)c2cn(C3CCNCC3)nn2)c1. The van der Waals surface area contributed by atoms with Gasteiger partial charge >= 0.3 is 0 Å². The first kappa shape index (κ1) is 16.6. The van der Waals surface area contributed by atoms with Crippen molar-refractivity contribution in [1.82, 2.24) is 25.2 Å². The van der Waals surface area contributed by atoms with Crippen LogP contribution < -0.4 is 10.6 Å². The third-order valence-corrected chi connectivity index (χ3v) is 4.11. The normalized spacial score (nSPS) is 15.6. The lowest BCUT2D eigenvalue weighted by Gasteiger charge is -2.22. The van der Waals surface area contributed by atoms with Gasteiger partial charge in [0, 0.05) is 12.2 Å². The van der Waals surface area contributed by atoms with E-state index in [-0.39, 0.29) is 5.91 Å². The second-order valence-electron chi connectivity index (χ2n) is 6.46. The van der Waals surface area contributed by atoms with Crippen molar-refractivity contribution in [3.8, 4) is 0 Å². The van der Waals surface area contributed by atoms with Crippen LogP contribution in [-0.2, 0) is 6.54 Å². The molecule has 2 aromatic rings. The second-order valence-corrected chi connectivity index (χ2v) is 6.46. The first-order valence-electron chi connectivity index (χ1n) is 8.29. The maximum atomic E-state index is 12.4. The first-order valence-corrected chi connectivity index (χ1v) is 8.29. The number of anilines is 1. The number of nitrogens with one attached hydrogen (secondary N) is 2. The van der Waals surface area contributed by atoms with E-state index in [1.807, 2.05) is 43.0 Å². The summed E-state index contributed by atoms with van der Waals surface area (Å²) in [6.45, 7) is 2.78. The number of carbonyl (C=O) groups is 1. The standard InChI is InChI=1S/C17H24N6O/c1-22(2)11-13-4-3-5-14(10-13)19-17(24)16-12-23(21-20-16)15-6-8-18-9-7-15/h3-5,10,12,15,18H,6-9,11H2,1-2H3,(H,19,24). The fraction of sp³-hybridized carbons (Fsp3) is 0.471. The van der Waals surface area contributed by atoms with Crippen LogP contribution in [0.1, 0.15) is 34.9 Å². The number of nitrogens with zero attached hydrogens (tertiary/aromatic N) is 4. The molecule has 0 unspecified atom stereocenters. The summed E-state index contributed by atoms with van der Waals surface area (Å²) in [5.41, 5.74) is 2.28. The summed E-state index contributed by atoms with van der Waals surface area (Å²) in [4.78, 5) is 14.5. The Morgan fingerprint density at radius 2 is 2.17 bits per heavy atom. The number of hydrogen-bond acceptors (Lipinski definition) is 5. The van der Waals surface area contributed by atoms with Crippen molar-refractivity contribution < 1.29 is 4.79 Å².